The lowest BCUT2D eigenvalue weighted by molar-refractivity contribution is -0.183. The lowest BCUT2D eigenvalue weighted by atomic mass is 10.2. The Balaban J connectivity index is 1.82. The highest BCUT2D eigenvalue weighted by molar-refractivity contribution is 8.24. The molecule has 0 radical (unpaired) electrons. The van der Waals surface area contributed by atoms with Gasteiger partial charge in [-0.1, -0.05) is 47.2 Å². The van der Waals surface area contributed by atoms with Gasteiger partial charge in [0, 0.05) is 0 Å². The molecule has 1 N–H and O–H groups in total. The van der Waals surface area contributed by atoms with Crippen molar-refractivity contribution in [3.05, 3.63) is 66.0 Å². The Hall–Kier alpha value is -2.43. The highest BCUT2D eigenvalue weighted by Crippen LogP contribution is 2.31. The number of hydrogen-bond donors (Lipinski definition) is 1. The molecule has 0 bridgehead atoms. The number of benzene rings is 2. The molecule has 2 aromatic rings. The molecule has 0 aromatic heterocycles. The van der Waals surface area contributed by atoms with Gasteiger partial charge in [0.1, 0.15) is 17.0 Å². The molecule has 1 aliphatic rings. The molecular weight excluding hydrogens is 395 g/mol. The van der Waals surface area contributed by atoms with E-state index >= 15 is 0 Å². The smallest absolute Gasteiger partial charge is 0.306 e. The van der Waals surface area contributed by atoms with Gasteiger partial charge in [-0.05, 0) is 29.8 Å². The first-order valence-electron chi connectivity index (χ1n) is 7.78. The van der Waals surface area contributed by atoms with E-state index in [4.69, 9.17) is 10.0 Å². The van der Waals surface area contributed by atoms with Crippen LogP contribution in [0.5, 0.6) is 0 Å². The molecule has 7 nitrogen and oxygen atoms in total. The Morgan fingerprint density at radius 1 is 1.19 bits per heavy atom. The maximum absolute atomic E-state index is 13.1. The summed E-state index contributed by atoms with van der Waals surface area (Å²) < 4.78 is 37.5. The third-order valence-corrected chi connectivity index (χ3v) is 7.49. The van der Waals surface area contributed by atoms with Gasteiger partial charge < -0.3 is 5.21 Å². The number of carbonyl (C=O) groups is 1. The Bertz CT molecular complexity index is 949. The van der Waals surface area contributed by atoms with Crippen LogP contribution in [0.3, 0.4) is 0 Å². The van der Waals surface area contributed by atoms with Crippen molar-refractivity contribution in [1.82, 2.24) is 5.06 Å². The molecule has 1 aliphatic heterocycles. The van der Waals surface area contributed by atoms with Gasteiger partial charge in [-0.25, -0.2) is 17.9 Å². The van der Waals surface area contributed by atoms with Crippen LogP contribution in [-0.4, -0.2) is 40.8 Å². The maximum atomic E-state index is 13.1. The van der Waals surface area contributed by atoms with E-state index in [0.717, 1.165) is 34.9 Å². The second-order valence-electron chi connectivity index (χ2n) is 5.58. The lowest BCUT2D eigenvalue weighted by Gasteiger charge is -2.30. The highest BCUT2D eigenvalue weighted by Gasteiger charge is 2.41. The van der Waals surface area contributed by atoms with Gasteiger partial charge >= 0.3 is 5.91 Å². The van der Waals surface area contributed by atoms with Crippen molar-refractivity contribution >= 4 is 32.6 Å². The largest absolute Gasteiger partial charge is 0.410 e. The van der Waals surface area contributed by atoms with Crippen molar-refractivity contribution in [2.24, 2.45) is 5.16 Å². The summed E-state index contributed by atoms with van der Waals surface area (Å²) in [6.45, 7) is -0.228. The Morgan fingerprint density at radius 2 is 1.85 bits per heavy atom. The molecule has 1 saturated heterocycles. The van der Waals surface area contributed by atoms with Crippen LogP contribution in [0.4, 0.5) is 4.39 Å². The third-order valence-electron chi connectivity index (χ3n) is 3.78. The van der Waals surface area contributed by atoms with Crippen LogP contribution in [-0.2, 0) is 26.1 Å². The number of amides is 1. The van der Waals surface area contributed by atoms with Gasteiger partial charge in [0.15, 0.2) is 9.84 Å². The van der Waals surface area contributed by atoms with Gasteiger partial charge in [0.2, 0.25) is 5.04 Å². The Labute approximate surface area is 159 Å². The molecule has 1 unspecified atom stereocenters. The van der Waals surface area contributed by atoms with Crippen molar-refractivity contribution in [1.29, 1.82) is 0 Å². The van der Waals surface area contributed by atoms with E-state index in [1.54, 1.807) is 24.3 Å². The van der Waals surface area contributed by atoms with Crippen LogP contribution in [0.25, 0.3) is 0 Å². The van der Waals surface area contributed by atoms with Gasteiger partial charge in [-0.15, -0.1) is 0 Å². The quantitative estimate of drug-likeness (QED) is 0.462. The molecule has 0 aliphatic carbocycles. The summed E-state index contributed by atoms with van der Waals surface area (Å²) in [7, 11) is -3.93. The van der Waals surface area contributed by atoms with Gasteiger partial charge in [-0.2, -0.15) is 0 Å². The van der Waals surface area contributed by atoms with E-state index < -0.39 is 31.2 Å². The van der Waals surface area contributed by atoms with E-state index in [-0.39, 0.29) is 18.0 Å². The van der Waals surface area contributed by atoms with Crippen LogP contribution in [0.2, 0.25) is 0 Å². The van der Waals surface area contributed by atoms with Crippen molar-refractivity contribution in [3.63, 3.8) is 0 Å². The zero-order chi connectivity index (χ0) is 19.4. The molecule has 0 saturated carbocycles. The first-order valence-corrected chi connectivity index (χ1v) is 10.2. The summed E-state index contributed by atoms with van der Waals surface area (Å²) >= 11 is 0.618. The second kappa shape index (κ2) is 8.07. The lowest BCUT2D eigenvalue weighted by Crippen LogP contribution is -2.47. The maximum Gasteiger partial charge on any atom is 0.306 e. The third kappa shape index (κ3) is 4.29. The number of carbonyl (C=O) groups excluding carboxylic acids is 1. The van der Waals surface area contributed by atoms with Crippen LogP contribution >= 0.6 is 11.8 Å². The first-order chi connectivity index (χ1) is 12.9. The summed E-state index contributed by atoms with van der Waals surface area (Å²) in [6.07, 6.45) is 0. The minimum absolute atomic E-state index is 0.0409. The average molecular weight is 410 g/mol. The van der Waals surface area contributed by atoms with E-state index in [2.05, 4.69) is 5.16 Å². The number of oxime groups is 1. The molecule has 1 fully saturated rings. The molecule has 142 valence electrons. The van der Waals surface area contributed by atoms with E-state index in [9.17, 15) is 17.6 Å². The molecule has 3 rings (SSSR count). The molecule has 1 heterocycles. The standard InChI is InChI=1S/C17H15FN2O5S2/c18-13-6-8-14(9-7-13)27(23,24)15-10-20(17(21)16(19-22)26-15)25-11-12-4-2-1-3-5-12/h1-9,15,22H,10-11H2. The minimum Gasteiger partial charge on any atom is -0.410 e. The fraction of sp³-hybridized carbons (Fsp3) is 0.176. The van der Waals surface area contributed by atoms with Crippen LogP contribution in [0.1, 0.15) is 5.56 Å². The van der Waals surface area contributed by atoms with Crippen molar-refractivity contribution < 1.29 is 27.6 Å². The molecule has 10 heteroatoms. The number of hydroxylamine groups is 2. The monoisotopic (exact) mass is 410 g/mol. The minimum atomic E-state index is -3.93. The van der Waals surface area contributed by atoms with Gasteiger partial charge in [0.05, 0.1) is 11.4 Å². The van der Waals surface area contributed by atoms with Crippen molar-refractivity contribution in [3.8, 4) is 0 Å². The van der Waals surface area contributed by atoms with Crippen LogP contribution < -0.4 is 0 Å². The molecule has 1 amide bonds. The topological polar surface area (TPSA) is 96.3 Å². The number of nitrogens with zero attached hydrogens (tertiary/aromatic N) is 2. The first kappa shape index (κ1) is 19.3. The van der Waals surface area contributed by atoms with Gasteiger partial charge in [0.25, 0.3) is 0 Å². The van der Waals surface area contributed by atoms with Crippen LogP contribution in [0, 0.1) is 5.82 Å². The molecule has 27 heavy (non-hydrogen) atoms. The molecular formula is C17H15FN2O5S2. The average Bonchev–Trinajstić information content (AvgIpc) is 2.68. The number of hydrogen-bond acceptors (Lipinski definition) is 7. The van der Waals surface area contributed by atoms with Crippen LogP contribution in [0.15, 0.2) is 64.6 Å². The summed E-state index contributed by atoms with van der Waals surface area (Å²) in [5, 5.41) is 12.4. The van der Waals surface area contributed by atoms with Crippen molar-refractivity contribution in [2.75, 3.05) is 6.54 Å². The summed E-state index contributed by atoms with van der Waals surface area (Å²) in [4.78, 5) is 17.6. The second-order valence-corrected chi connectivity index (χ2v) is 9.20. The van der Waals surface area contributed by atoms with Crippen molar-refractivity contribution in [2.45, 2.75) is 16.1 Å². The SMILES string of the molecule is O=C1C(=NO)SC(S(=O)(=O)c2ccc(F)cc2)CN1OCc1ccccc1. The number of thioether (sulfide) groups is 1. The fourth-order valence-corrected chi connectivity index (χ4v) is 5.35. The summed E-state index contributed by atoms with van der Waals surface area (Å²) in [5.74, 6) is -1.30. The molecule has 0 spiro atoms. The zero-order valence-corrected chi connectivity index (χ0v) is 15.5. The summed E-state index contributed by atoms with van der Waals surface area (Å²) in [5.41, 5.74) is 0.781. The normalized spacial score (nSPS) is 19.4. The number of rotatable bonds is 5. The predicted octanol–water partition coefficient (Wildman–Crippen LogP) is 2.42. The summed E-state index contributed by atoms with van der Waals surface area (Å²) in [6, 6.07) is 13.4. The fourth-order valence-electron chi connectivity index (χ4n) is 2.38. The predicted molar refractivity (Wildman–Crippen MR) is 97.1 cm³/mol. The molecule has 2 aromatic carbocycles. The number of halogens is 1. The number of sulfone groups is 1. The van der Waals surface area contributed by atoms with E-state index in [1.165, 1.54) is 0 Å². The zero-order valence-electron chi connectivity index (χ0n) is 13.9. The van der Waals surface area contributed by atoms with Gasteiger partial charge in [-0.3, -0.25) is 9.63 Å². The molecule has 1 atom stereocenters. The highest BCUT2D eigenvalue weighted by atomic mass is 32.3. The Kier molecular flexibility index (Phi) is 5.78. The Morgan fingerprint density at radius 3 is 2.48 bits per heavy atom. The van der Waals surface area contributed by atoms with E-state index in [0.29, 0.717) is 11.8 Å². The van der Waals surface area contributed by atoms with E-state index in [1.807, 2.05) is 6.07 Å².